The summed E-state index contributed by atoms with van der Waals surface area (Å²) in [5, 5.41) is 17.5. The van der Waals surface area contributed by atoms with E-state index in [0.717, 1.165) is 49.0 Å². The van der Waals surface area contributed by atoms with Gasteiger partial charge < -0.3 is 9.64 Å². The molecule has 1 saturated heterocycles. The largest absolute Gasteiger partial charge is 0.477 e. The van der Waals surface area contributed by atoms with Gasteiger partial charge in [0.15, 0.2) is 5.69 Å². The number of rotatable bonds is 7. The molecule has 1 fully saturated rings. The molecular formula is C24H30N8O2. The number of aryl methyl sites for hydroxylation is 2. The SMILES string of the molecule is Cc1cc(-c2cc3c(nnn3C)c(C#N)n2)cnc1OCCC1CCN(CC(=O)N(C)C)CC1. The fourth-order valence-corrected chi connectivity index (χ4v) is 4.20. The molecule has 178 valence electrons. The zero-order valence-electron chi connectivity index (χ0n) is 20.2. The molecule has 3 aromatic rings. The summed E-state index contributed by atoms with van der Waals surface area (Å²) in [7, 11) is 5.38. The van der Waals surface area contributed by atoms with Crippen LogP contribution in [0.1, 0.15) is 30.5 Å². The minimum absolute atomic E-state index is 0.155. The molecule has 0 aliphatic carbocycles. The fourth-order valence-electron chi connectivity index (χ4n) is 4.20. The molecule has 1 aliphatic rings. The van der Waals surface area contributed by atoms with E-state index >= 15 is 0 Å². The summed E-state index contributed by atoms with van der Waals surface area (Å²) < 4.78 is 7.62. The lowest BCUT2D eigenvalue weighted by molar-refractivity contribution is -0.130. The van der Waals surface area contributed by atoms with Gasteiger partial charge in [0.1, 0.15) is 11.6 Å². The zero-order valence-corrected chi connectivity index (χ0v) is 20.2. The summed E-state index contributed by atoms with van der Waals surface area (Å²) in [5.74, 6) is 1.36. The van der Waals surface area contributed by atoms with Crippen LogP contribution in [0.15, 0.2) is 18.3 Å². The first-order chi connectivity index (χ1) is 16.4. The Kier molecular flexibility index (Phi) is 7.03. The number of fused-ring (bicyclic) bond motifs is 1. The second kappa shape index (κ2) is 10.1. The Morgan fingerprint density at radius 1 is 1.29 bits per heavy atom. The van der Waals surface area contributed by atoms with Crippen LogP contribution in [-0.2, 0) is 11.8 Å². The Bertz CT molecular complexity index is 1220. The molecule has 4 rings (SSSR count). The van der Waals surface area contributed by atoms with E-state index in [9.17, 15) is 10.1 Å². The Hall–Kier alpha value is -3.58. The Balaban J connectivity index is 1.33. The van der Waals surface area contributed by atoms with Gasteiger partial charge in [-0.2, -0.15) is 5.26 Å². The summed E-state index contributed by atoms with van der Waals surface area (Å²) in [5.41, 5.74) is 3.86. The molecule has 0 N–H and O–H groups in total. The smallest absolute Gasteiger partial charge is 0.236 e. The topological polar surface area (TPSA) is 113 Å². The highest BCUT2D eigenvalue weighted by molar-refractivity contribution is 5.83. The van der Waals surface area contributed by atoms with Crippen LogP contribution in [0.4, 0.5) is 0 Å². The van der Waals surface area contributed by atoms with Gasteiger partial charge >= 0.3 is 0 Å². The van der Waals surface area contributed by atoms with E-state index < -0.39 is 0 Å². The van der Waals surface area contributed by atoms with Crippen molar-refractivity contribution < 1.29 is 9.53 Å². The number of pyridine rings is 2. The summed E-state index contributed by atoms with van der Waals surface area (Å²) >= 11 is 0. The van der Waals surface area contributed by atoms with Crippen LogP contribution in [0.3, 0.4) is 0 Å². The highest BCUT2D eigenvalue weighted by atomic mass is 16.5. The Morgan fingerprint density at radius 3 is 2.74 bits per heavy atom. The van der Waals surface area contributed by atoms with E-state index in [1.165, 1.54) is 0 Å². The van der Waals surface area contributed by atoms with Crippen molar-refractivity contribution in [2.24, 2.45) is 13.0 Å². The number of amides is 1. The molecule has 0 spiro atoms. The van der Waals surface area contributed by atoms with Crippen LogP contribution in [0.2, 0.25) is 0 Å². The predicted molar refractivity (Wildman–Crippen MR) is 127 cm³/mol. The average Bonchev–Trinajstić information content (AvgIpc) is 3.21. The van der Waals surface area contributed by atoms with Crippen LogP contribution in [0.5, 0.6) is 5.88 Å². The molecule has 4 heterocycles. The van der Waals surface area contributed by atoms with Gasteiger partial charge in [0, 0.05) is 38.5 Å². The second-order valence-electron chi connectivity index (χ2n) is 9.04. The summed E-state index contributed by atoms with van der Waals surface area (Å²) in [4.78, 5) is 24.7. The molecule has 0 aromatic carbocycles. The van der Waals surface area contributed by atoms with E-state index in [1.54, 1.807) is 36.9 Å². The van der Waals surface area contributed by atoms with Crippen molar-refractivity contribution in [3.63, 3.8) is 0 Å². The van der Waals surface area contributed by atoms with Crippen LogP contribution in [0.25, 0.3) is 22.3 Å². The zero-order chi connectivity index (χ0) is 24.2. The lowest BCUT2D eigenvalue weighted by Crippen LogP contribution is -2.41. The van der Waals surface area contributed by atoms with E-state index in [2.05, 4.69) is 31.2 Å². The average molecular weight is 463 g/mol. The third-order valence-electron chi connectivity index (χ3n) is 6.36. The molecule has 0 saturated carbocycles. The number of nitriles is 1. The normalized spacial score (nSPS) is 14.8. The molecule has 10 nitrogen and oxygen atoms in total. The molecule has 10 heteroatoms. The van der Waals surface area contributed by atoms with Crippen molar-refractivity contribution >= 4 is 16.9 Å². The molecule has 1 amide bonds. The van der Waals surface area contributed by atoms with Gasteiger partial charge in [-0.15, -0.1) is 5.10 Å². The maximum absolute atomic E-state index is 11.9. The lowest BCUT2D eigenvalue weighted by atomic mass is 9.94. The third-order valence-corrected chi connectivity index (χ3v) is 6.36. The van der Waals surface area contributed by atoms with E-state index in [4.69, 9.17) is 4.74 Å². The number of piperidine rings is 1. The summed E-state index contributed by atoms with van der Waals surface area (Å²) in [6.45, 7) is 4.97. The molecule has 0 atom stereocenters. The molecular weight excluding hydrogens is 432 g/mol. The Morgan fingerprint density at radius 2 is 2.06 bits per heavy atom. The maximum Gasteiger partial charge on any atom is 0.236 e. The maximum atomic E-state index is 11.9. The number of hydrogen-bond donors (Lipinski definition) is 0. The molecule has 3 aromatic heterocycles. The number of aromatic nitrogens is 5. The summed E-state index contributed by atoms with van der Waals surface area (Å²) in [6.07, 6.45) is 4.85. The minimum atomic E-state index is 0.155. The minimum Gasteiger partial charge on any atom is -0.477 e. The van der Waals surface area contributed by atoms with E-state index in [-0.39, 0.29) is 11.6 Å². The molecule has 0 radical (unpaired) electrons. The van der Waals surface area contributed by atoms with Gasteiger partial charge in [-0.05, 0) is 57.3 Å². The van der Waals surface area contributed by atoms with Crippen LogP contribution in [0, 0.1) is 24.2 Å². The van der Waals surface area contributed by atoms with Gasteiger partial charge in [0.25, 0.3) is 0 Å². The first kappa shape index (κ1) is 23.6. The predicted octanol–water partition coefficient (Wildman–Crippen LogP) is 2.17. The Labute approximate surface area is 199 Å². The highest BCUT2D eigenvalue weighted by Crippen LogP contribution is 2.27. The van der Waals surface area contributed by atoms with Crippen molar-refractivity contribution in [3.8, 4) is 23.2 Å². The standard InChI is InChI=1S/C24H30N8O2/c1-16-11-18(19-12-21-23(20(13-25)27-19)28-29-31(21)4)14-26-24(16)34-10-7-17-5-8-32(9-6-17)15-22(33)30(2)3/h11-12,14,17H,5-10,15H2,1-4H3. The first-order valence-electron chi connectivity index (χ1n) is 11.5. The van der Waals surface area contributed by atoms with Gasteiger partial charge in [-0.1, -0.05) is 5.21 Å². The monoisotopic (exact) mass is 462 g/mol. The number of carbonyl (C=O) groups excluding carboxylic acids is 1. The quantitative estimate of drug-likeness (QED) is 0.525. The van der Waals surface area contributed by atoms with Crippen LogP contribution in [-0.4, -0.2) is 81.0 Å². The number of nitrogens with zero attached hydrogens (tertiary/aromatic N) is 8. The number of likely N-dealkylation sites (tertiary alicyclic amines) is 1. The van der Waals surface area contributed by atoms with Crippen LogP contribution >= 0.6 is 0 Å². The lowest BCUT2D eigenvalue weighted by Gasteiger charge is -2.32. The van der Waals surface area contributed by atoms with Crippen molar-refractivity contribution in [3.05, 3.63) is 29.6 Å². The molecule has 34 heavy (non-hydrogen) atoms. The van der Waals surface area contributed by atoms with Gasteiger partial charge in [-0.25, -0.2) is 14.6 Å². The van der Waals surface area contributed by atoms with E-state index in [1.807, 2.05) is 19.1 Å². The van der Waals surface area contributed by atoms with Gasteiger partial charge in [0.2, 0.25) is 11.8 Å². The van der Waals surface area contributed by atoms with E-state index in [0.29, 0.717) is 36.2 Å². The number of likely N-dealkylation sites (N-methyl/N-ethyl adjacent to an activating group) is 1. The first-order valence-corrected chi connectivity index (χ1v) is 11.5. The number of hydrogen-bond acceptors (Lipinski definition) is 8. The van der Waals surface area contributed by atoms with Crippen molar-refractivity contribution in [2.75, 3.05) is 40.3 Å². The molecule has 0 unspecified atom stereocenters. The van der Waals surface area contributed by atoms with Gasteiger partial charge in [-0.3, -0.25) is 9.69 Å². The summed E-state index contributed by atoms with van der Waals surface area (Å²) in [6, 6.07) is 5.94. The van der Waals surface area contributed by atoms with Crippen molar-refractivity contribution in [2.45, 2.75) is 26.2 Å². The van der Waals surface area contributed by atoms with Crippen molar-refractivity contribution in [1.29, 1.82) is 5.26 Å². The van der Waals surface area contributed by atoms with Crippen molar-refractivity contribution in [1.82, 2.24) is 34.8 Å². The second-order valence-corrected chi connectivity index (χ2v) is 9.04. The number of ether oxygens (including phenoxy) is 1. The van der Waals surface area contributed by atoms with Gasteiger partial charge in [0.05, 0.1) is 24.4 Å². The fraction of sp³-hybridized carbons (Fsp3) is 0.500. The third kappa shape index (κ3) is 5.15. The van der Waals surface area contributed by atoms with Crippen LogP contribution < -0.4 is 4.74 Å². The molecule has 1 aliphatic heterocycles. The highest BCUT2D eigenvalue weighted by Gasteiger charge is 2.21. The number of carbonyl (C=O) groups is 1. The molecule has 0 bridgehead atoms.